The van der Waals surface area contributed by atoms with Crippen molar-refractivity contribution in [3.63, 3.8) is 0 Å². The van der Waals surface area contributed by atoms with E-state index in [1.165, 1.54) is 0 Å². The van der Waals surface area contributed by atoms with Gasteiger partial charge in [-0.1, -0.05) is 37.3 Å². The zero-order valence-electron chi connectivity index (χ0n) is 13.6. The van der Waals surface area contributed by atoms with Gasteiger partial charge in [-0.05, 0) is 25.8 Å². The molecule has 23 heavy (non-hydrogen) atoms. The van der Waals surface area contributed by atoms with Crippen molar-refractivity contribution in [2.75, 3.05) is 6.61 Å². The van der Waals surface area contributed by atoms with Crippen molar-refractivity contribution in [1.82, 2.24) is 4.98 Å². The molecule has 0 aliphatic heterocycles. The number of carbonyl (C=O) groups excluding carboxylic acids is 1. The molecule has 0 aliphatic rings. The number of hydrogen-bond donors (Lipinski definition) is 1. The van der Waals surface area contributed by atoms with Crippen LogP contribution in [-0.4, -0.2) is 17.6 Å². The predicted molar refractivity (Wildman–Crippen MR) is 87.9 cm³/mol. The molecule has 0 amide bonds. The van der Waals surface area contributed by atoms with E-state index in [4.69, 9.17) is 9.47 Å². The average Bonchev–Trinajstić information content (AvgIpc) is 2.54. The Kier molecular flexibility index (Phi) is 5.57. The van der Waals surface area contributed by atoms with Crippen LogP contribution in [-0.2, 0) is 17.8 Å². The molecule has 122 valence electrons. The molecule has 1 aromatic carbocycles. The molecule has 0 unspecified atom stereocenters. The molecule has 2 aromatic rings. The second-order valence-corrected chi connectivity index (χ2v) is 5.11. The molecule has 1 heterocycles. The highest BCUT2D eigenvalue weighted by Crippen LogP contribution is 2.18. The summed E-state index contributed by atoms with van der Waals surface area (Å²) in [4.78, 5) is 27.7. The molecule has 0 atom stereocenters. The summed E-state index contributed by atoms with van der Waals surface area (Å²) in [5.74, 6) is -0.501. The molecule has 0 aliphatic carbocycles. The van der Waals surface area contributed by atoms with Crippen molar-refractivity contribution >= 4 is 5.97 Å². The minimum absolute atomic E-state index is 0.0646. The van der Waals surface area contributed by atoms with Gasteiger partial charge >= 0.3 is 5.97 Å². The standard InChI is InChI=1S/C18H21NO4/c1-4-14-12(3)19-17(15(16(14)20)18(21)22-5-2)23-11-13-9-7-6-8-10-13/h6-10H,4-5,11H2,1-3H3,(H,19,20). The lowest BCUT2D eigenvalue weighted by Gasteiger charge is -2.13. The highest BCUT2D eigenvalue weighted by molar-refractivity contribution is 5.92. The molecule has 0 spiro atoms. The number of hydrogen-bond acceptors (Lipinski definition) is 4. The number of nitrogens with one attached hydrogen (secondary N) is 1. The fraction of sp³-hybridized carbons (Fsp3) is 0.333. The van der Waals surface area contributed by atoms with E-state index in [0.717, 1.165) is 5.56 Å². The van der Waals surface area contributed by atoms with E-state index >= 15 is 0 Å². The fourth-order valence-corrected chi connectivity index (χ4v) is 2.38. The number of pyridine rings is 1. The monoisotopic (exact) mass is 315 g/mol. The van der Waals surface area contributed by atoms with Gasteiger partial charge in [0.05, 0.1) is 6.61 Å². The van der Waals surface area contributed by atoms with Crippen molar-refractivity contribution in [1.29, 1.82) is 0 Å². The SMILES string of the molecule is CCOC(=O)c1c(OCc2ccccc2)[nH]c(C)c(CC)c1=O. The Balaban J connectivity index is 2.40. The molecule has 1 aromatic heterocycles. The zero-order valence-corrected chi connectivity index (χ0v) is 13.6. The highest BCUT2D eigenvalue weighted by atomic mass is 16.5. The maximum absolute atomic E-state index is 12.6. The number of carbonyl (C=O) groups is 1. The smallest absolute Gasteiger partial charge is 0.347 e. The third-order valence-corrected chi connectivity index (χ3v) is 3.54. The number of aryl methyl sites for hydroxylation is 1. The third kappa shape index (κ3) is 3.80. The molecular weight excluding hydrogens is 294 g/mol. The van der Waals surface area contributed by atoms with E-state index in [0.29, 0.717) is 17.7 Å². The van der Waals surface area contributed by atoms with Gasteiger partial charge in [0.25, 0.3) is 0 Å². The summed E-state index contributed by atoms with van der Waals surface area (Å²) < 4.78 is 10.7. The van der Waals surface area contributed by atoms with Gasteiger partial charge < -0.3 is 14.5 Å². The van der Waals surface area contributed by atoms with Crippen molar-refractivity contribution < 1.29 is 14.3 Å². The Morgan fingerprint density at radius 2 is 1.87 bits per heavy atom. The summed E-state index contributed by atoms with van der Waals surface area (Å²) in [7, 11) is 0. The predicted octanol–water partition coefficient (Wildman–Crippen LogP) is 3.00. The summed E-state index contributed by atoms with van der Waals surface area (Å²) in [5.41, 5.74) is 1.82. The maximum atomic E-state index is 12.6. The normalized spacial score (nSPS) is 10.4. The van der Waals surface area contributed by atoms with Gasteiger partial charge in [-0.25, -0.2) is 4.79 Å². The number of esters is 1. The summed E-state index contributed by atoms with van der Waals surface area (Å²) >= 11 is 0. The van der Waals surface area contributed by atoms with Crippen molar-refractivity contribution in [2.45, 2.75) is 33.8 Å². The molecule has 1 N–H and O–H groups in total. The van der Waals surface area contributed by atoms with Crippen LogP contribution in [0.4, 0.5) is 0 Å². The summed E-state index contributed by atoms with van der Waals surface area (Å²) in [6.07, 6.45) is 0.534. The van der Waals surface area contributed by atoms with Gasteiger partial charge in [0, 0.05) is 11.3 Å². The quantitative estimate of drug-likeness (QED) is 0.832. The molecule has 0 saturated carbocycles. The first-order valence-corrected chi connectivity index (χ1v) is 7.68. The van der Waals surface area contributed by atoms with Crippen LogP contribution in [0.15, 0.2) is 35.1 Å². The van der Waals surface area contributed by atoms with E-state index < -0.39 is 5.97 Å². The zero-order chi connectivity index (χ0) is 16.8. The van der Waals surface area contributed by atoms with Gasteiger partial charge in [0.15, 0.2) is 5.56 Å². The van der Waals surface area contributed by atoms with Gasteiger partial charge in [-0.3, -0.25) is 4.79 Å². The van der Waals surface area contributed by atoms with Crippen LogP contribution in [0.1, 0.15) is 41.0 Å². The van der Waals surface area contributed by atoms with E-state index in [1.807, 2.05) is 37.3 Å². The molecule has 5 nitrogen and oxygen atoms in total. The van der Waals surface area contributed by atoms with E-state index in [9.17, 15) is 9.59 Å². The summed E-state index contributed by atoms with van der Waals surface area (Å²) in [5, 5.41) is 0. The lowest BCUT2D eigenvalue weighted by molar-refractivity contribution is 0.0518. The van der Waals surface area contributed by atoms with Crippen LogP contribution < -0.4 is 10.2 Å². The van der Waals surface area contributed by atoms with Crippen LogP contribution in [0.3, 0.4) is 0 Å². The molecule has 2 rings (SSSR count). The van der Waals surface area contributed by atoms with Crippen molar-refractivity contribution in [3.05, 3.63) is 62.9 Å². The van der Waals surface area contributed by atoms with Gasteiger partial charge in [-0.2, -0.15) is 0 Å². The first kappa shape index (κ1) is 16.8. The second kappa shape index (κ2) is 7.63. The second-order valence-electron chi connectivity index (χ2n) is 5.11. The number of rotatable bonds is 6. The fourth-order valence-electron chi connectivity index (χ4n) is 2.38. The molecule has 0 fully saturated rings. The third-order valence-electron chi connectivity index (χ3n) is 3.54. The first-order chi connectivity index (χ1) is 11.1. The Bertz CT molecular complexity index is 735. The number of aromatic nitrogens is 1. The summed E-state index contributed by atoms with van der Waals surface area (Å²) in [6.45, 7) is 5.83. The van der Waals surface area contributed by atoms with Crippen LogP contribution in [0, 0.1) is 6.92 Å². The van der Waals surface area contributed by atoms with Crippen molar-refractivity contribution in [2.24, 2.45) is 0 Å². The van der Waals surface area contributed by atoms with E-state index in [2.05, 4.69) is 4.98 Å². The minimum atomic E-state index is -0.661. The van der Waals surface area contributed by atoms with Crippen LogP contribution in [0.5, 0.6) is 5.88 Å². The molecule has 0 radical (unpaired) electrons. The number of ether oxygens (including phenoxy) is 2. The first-order valence-electron chi connectivity index (χ1n) is 7.68. The Hall–Kier alpha value is -2.56. The van der Waals surface area contributed by atoms with Crippen LogP contribution >= 0.6 is 0 Å². The number of aromatic amines is 1. The van der Waals surface area contributed by atoms with Gasteiger partial charge in [0.1, 0.15) is 6.61 Å². The lowest BCUT2D eigenvalue weighted by atomic mass is 10.1. The highest BCUT2D eigenvalue weighted by Gasteiger charge is 2.22. The average molecular weight is 315 g/mol. The Morgan fingerprint density at radius 1 is 1.17 bits per heavy atom. The number of H-pyrrole nitrogens is 1. The molecule has 0 bridgehead atoms. The van der Waals surface area contributed by atoms with E-state index in [1.54, 1.807) is 13.8 Å². The lowest BCUT2D eigenvalue weighted by Crippen LogP contribution is -2.24. The topological polar surface area (TPSA) is 68.4 Å². The van der Waals surface area contributed by atoms with E-state index in [-0.39, 0.29) is 30.1 Å². The minimum Gasteiger partial charge on any atom is -0.473 e. The molecular formula is C18H21NO4. The van der Waals surface area contributed by atoms with Gasteiger partial charge in [-0.15, -0.1) is 0 Å². The van der Waals surface area contributed by atoms with Crippen LogP contribution in [0.2, 0.25) is 0 Å². The molecule has 5 heteroatoms. The Labute approximate surface area is 135 Å². The number of benzene rings is 1. The summed E-state index contributed by atoms with van der Waals surface area (Å²) in [6, 6.07) is 9.54. The van der Waals surface area contributed by atoms with Crippen LogP contribution in [0.25, 0.3) is 0 Å². The Morgan fingerprint density at radius 3 is 2.48 bits per heavy atom. The largest absolute Gasteiger partial charge is 0.473 e. The van der Waals surface area contributed by atoms with Gasteiger partial charge in [0.2, 0.25) is 11.3 Å². The van der Waals surface area contributed by atoms with Crippen molar-refractivity contribution in [3.8, 4) is 5.88 Å². The maximum Gasteiger partial charge on any atom is 0.347 e. The molecule has 0 saturated heterocycles.